The Morgan fingerprint density at radius 2 is 1.84 bits per heavy atom. The third kappa shape index (κ3) is 4.28. The largest absolute Gasteiger partial charge is 0.573 e. The fourth-order valence-electron chi connectivity index (χ4n) is 1.20. The molecular formula is C10H7F3N2O3S. The van der Waals surface area contributed by atoms with Crippen LogP contribution < -0.4 is 9.47 Å². The molecule has 5 nitrogen and oxygen atoms in total. The summed E-state index contributed by atoms with van der Waals surface area (Å²) < 4.78 is 49.7. The molecule has 0 aliphatic heterocycles. The van der Waals surface area contributed by atoms with E-state index in [4.69, 9.17) is 9.15 Å². The van der Waals surface area contributed by atoms with Crippen LogP contribution in [0.25, 0.3) is 0 Å². The topological polar surface area (TPSA) is 60.3 Å². The summed E-state index contributed by atoms with van der Waals surface area (Å²) >= 11 is 4.67. The maximum atomic E-state index is 11.9. The van der Waals surface area contributed by atoms with Gasteiger partial charge in [0, 0.05) is 0 Å². The van der Waals surface area contributed by atoms with Gasteiger partial charge in [-0.05, 0) is 36.5 Å². The van der Waals surface area contributed by atoms with Crippen molar-refractivity contribution in [3.05, 3.63) is 35.0 Å². The number of nitrogens with one attached hydrogen (secondary N) is 1. The maximum Gasteiger partial charge on any atom is 0.573 e. The molecule has 2 aromatic rings. The monoisotopic (exact) mass is 292 g/mol. The molecule has 0 saturated carbocycles. The first-order valence-corrected chi connectivity index (χ1v) is 5.36. The molecule has 0 bridgehead atoms. The van der Waals surface area contributed by atoms with Crippen LogP contribution in [0.2, 0.25) is 0 Å². The summed E-state index contributed by atoms with van der Waals surface area (Å²) in [5.74, 6) is 0.261. The minimum atomic E-state index is -4.71. The lowest BCUT2D eigenvalue weighted by atomic mass is 10.3. The first-order valence-electron chi connectivity index (χ1n) is 4.95. The number of rotatable bonds is 4. The van der Waals surface area contributed by atoms with Crippen LogP contribution in [0.1, 0.15) is 5.89 Å². The van der Waals surface area contributed by atoms with Gasteiger partial charge in [-0.3, -0.25) is 0 Å². The smallest absolute Gasteiger partial charge is 0.484 e. The highest BCUT2D eigenvalue weighted by Crippen LogP contribution is 2.24. The third-order valence-corrected chi connectivity index (χ3v) is 2.08. The number of halogens is 3. The van der Waals surface area contributed by atoms with Crippen LogP contribution in [-0.2, 0) is 6.61 Å². The molecule has 2 rings (SSSR count). The van der Waals surface area contributed by atoms with E-state index < -0.39 is 6.36 Å². The molecule has 0 fully saturated rings. The zero-order valence-electron chi connectivity index (χ0n) is 9.23. The van der Waals surface area contributed by atoms with Crippen molar-refractivity contribution >= 4 is 12.2 Å². The van der Waals surface area contributed by atoms with Gasteiger partial charge in [0.05, 0.1) is 0 Å². The van der Waals surface area contributed by atoms with Crippen LogP contribution in [0, 0.1) is 4.84 Å². The summed E-state index contributed by atoms with van der Waals surface area (Å²) in [4.78, 5) is 0.118. The molecule has 0 spiro atoms. The molecular weight excluding hydrogens is 285 g/mol. The number of aromatic nitrogens is 2. The van der Waals surface area contributed by atoms with Gasteiger partial charge >= 0.3 is 6.36 Å². The van der Waals surface area contributed by atoms with Crippen LogP contribution in [0.4, 0.5) is 13.2 Å². The molecule has 102 valence electrons. The average molecular weight is 292 g/mol. The van der Waals surface area contributed by atoms with E-state index in [2.05, 4.69) is 27.2 Å². The van der Waals surface area contributed by atoms with E-state index in [0.717, 1.165) is 12.1 Å². The fourth-order valence-corrected chi connectivity index (χ4v) is 1.35. The highest BCUT2D eigenvalue weighted by Gasteiger charge is 2.30. The Hall–Kier alpha value is -2.03. The van der Waals surface area contributed by atoms with E-state index in [-0.39, 0.29) is 23.1 Å². The molecule has 9 heteroatoms. The summed E-state index contributed by atoms with van der Waals surface area (Å²) in [6.45, 7) is 0.00656. The Morgan fingerprint density at radius 1 is 1.21 bits per heavy atom. The number of H-pyrrole nitrogens is 1. The van der Waals surface area contributed by atoms with Gasteiger partial charge in [0.25, 0.3) is 10.7 Å². The second kappa shape index (κ2) is 5.31. The van der Waals surface area contributed by atoms with Crippen molar-refractivity contribution < 1.29 is 27.1 Å². The summed E-state index contributed by atoms with van der Waals surface area (Å²) in [5, 5.41) is 6.12. The Morgan fingerprint density at radius 3 is 2.37 bits per heavy atom. The van der Waals surface area contributed by atoms with Crippen LogP contribution in [0.5, 0.6) is 11.5 Å². The molecule has 1 aromatic heterocycles. The predicted molar refractivity (Wildman–Crippen MR) is 59.1 cm³/mol. The Bertz CT molecular complexity index is 591. The van der Waals surface area contributed by atoms with Crippen LogP contribution in [0.15, 0.2) is 28.7 Å². The molecule has 19 heavy (non-hydrogen) atoms. The predicted octanol–water partition coefficient (Wildman–Crippen LogP) is 3.21. The van der Waals surface area contributed by atoms with Crippen molar-refractivity contribution in [1.82, 2.24) is 10.2 Å². The van der Waals surface area contributed by atoms with Crippen molar-refractivity contribution in [3.63, 3.8) is 0 Å². The van der Waals surface area contributed by atoms with Crippen LogP contribution >= 0.6 is 12.2 Å². The molecule has 0 aliphatic rings. The quantitative estimate of drug-likeness (QED) is 0.877. The third-order valence-electron chi connectivity index (χ3n) is 1.90. The van der Waals surface area contributed by atoms with E-state index in [9.17, 15) is 13.2 Å². The van der Waals surface area contributed by atoms with Gasteiger partial charge in [0.15, 0.2) is 6.61 Å². The number of benzene rings is 1. The van der Waals surface area contributed by atoms with Crippen LogP contribution in [0.3, 0.4) is 0 Å². The summed E-state index contributed by atoms with van der Waals surface area (Å²) in [6.07, 6.45) is -4.71. The minimum absolute atomic E-state index is 0.00656. The summed E-state index contributed by atoms with van der Waals surface area (Å²) in [6, 6.07) is 4.96. The zero-order valence-corrected chi connectivity index (χ0v) is 10.0. The molecule has 1 N–H and O–H groups in total. The lowest BCUT2D eigenvalue weighted by Gasteiger charge is -2.09. The maximum absolute atomic E-state index is 11.9. The molecule has 1 aromatic carbocycles. The average Bonchev–Trinajstić information content (AvgIpc) is 2.72. The number of hydrogen-bond donors (Lipinski definition) is 1. The van der Waals surface area contributed by atoms with Crippen molar-refractivity contribution in [2.45, 2.75) is 13.0 Å². The normalized spacial score (nSPS) is 11.3. The number of ether oxygens (including phenoxy) is 2. The minimum Gasteiger partial charge on any atom is -0.484 e. The highest BCUT2D eigenvalue weighted by atomic mass is 32.1. The van der Waals surface area contributed by atoms with Gasteiger partial charge in [-0.15, -0.1) is 18.3 Å². The van der Waals surface area contributed by atoms with E-state index in [1.165, 1.54) is 12.1 Å². The second-order valence-electron chi connectivity index (χ2n) is 3.31. The van der Waals surface area contributed by atoms with Crippen LogP contribution in [-0.4, -0.2) is 16.6 Å². The molecule has 0 radical (unpaired) electrons. The van der Waals surface area contributed by atoms with E-state index in [0.29, 0.717) is 5.75 Å². The number of aromatic amines is 1. The Kier molecular flexibility index (Phi) is 3.74. The van der Waals surface area contributed by atoms with Crippen molar-refractivity contribution in [1.29, 1.82) is 0 Å². The fraction of sp³-hybridized carbons (Fsp3) is 0.200. The molecule has 0 aliphatic carbocycles. The van der Waals surface area contributed by atoms with Crippen molar-refractivity contribution in [3.8, 4) is 11.5 Å². The zero-order chi connectivity index (χ0) is 13.9. The van der Waals surface area contributed by atoms with E-state index in [1.54, 1.807) is 0 Å². The standard InChI is InChI=1S/C10H7F3N2O3S/c11-10(12,13)18-7-3-1-6(2-4-7)16-5-8-14-15-9(19)17-8/h1-4H,5H2,(H,15,19). The SMILES string of the molecule is FC(F)(F)Oc1ccc(OCc2n[nH]c(=S)o2)cc1. The lowest BCUT2D eigenvalue weighted by molar-refractivity contribution is -0.274. The van der Waals surface area contributed by atoms with Crippen molar-refractivity contribution in [2.24, 2.45) is 0 Å². The van der Waals surface area contributed by atoms with E-state index in [1.807, 2.05) is 0 Å². The molecule has 0 atom stereocenters. The van der Waals surface area contributed by atoms with Gasteiger partial charge < -0.3 is 13.9 Å². The number of alkyl halides is 3. The van der Waals surface area contributed by atoms with Gasteiger partial charge in [0.1, 0.15) is 11.5 Å². The summed E-state index contributed by atoms with van der Waals surface area (Å²) in [5.41, 5.74) is 0. The summed E-state index contributed by atoms with van der Waals surface area (Å²) in [7, 11) is 0. The number of hydrogen-bond acceptors (Lipinski definition) is 5. The van der Waals surface area contributed by atoms with E-state index >= 15 is 0 Å². The van der Waals surface area contributed by atoms with Gasteiger partial charge in [-0.1, -0.05) is 0 Å². The van der Waals surface area contributed by atoms with Crippen molar-refractivity contribution in [2.75, 3.05) is 0 Å². The molecule has 1 heterocycles. The molecule has 0 amide bonds. The Labute approximate surface area is 110 Å². The first-order chi connectivity index (χ1) is 8.92. The first kappa shape index (κ1) is 13.4. The molecule has 0 unspecified atom stereocenters. The molecule has 0 saturated heterocycles. The number of nitrogens with zero attached hydrogens (tertiary/aromatic N) is 1. The van der Waals surface area contributed by atoms with Gasteiger partial charge in [0.2, 0.25) is 0 Å². The second-order valence-corrected chi connectivity index (χ2v) is 3.69. The highest BCUT2D eigenvalue weighted by molar-refractivity contribution is 7.71. The van der Waals surface area contributed by atoms with Gasteiger partial charge in [-0.25, -0.2) is 5.10 Å². The lowest BCUT2D eigenvalue weighted by Crippen LogP contribution is -2.16. The Balaban J connectivity index is 1.93. The van der Waals surface area contributed by atoms with Gasteiger partial charge in [-0.2, -0.15) is 0 Å².